The van der Waals surface area contributed by atoms with Gasteiger partial charge < -0.3 is 5.32 Å². The third kappa shape index (κ3) is 2.01. The number of H-pyrrole nitrogens is 1. The Morgan fingerprint density at radius 2 is 2.15 bits per heavy atom. The van der Waals surface area contributed by atoms with Crippen molar-refractivity contribution < 1.29 is 13.6 Å². The number of nitrogens with zero attached hydrogens (tertiary/aromatic N) is 1. The van der Waals surface area contributed by atoms with Gasteiger partial charge in [-0.2, -0.15) is 13.9 Å². The zero-order valence-electron chi connectivity index (χ0n) is 7.19. The fourth-order valence-electron chi connectivity index (χ4n) is 0.913. The van der Waals surface area contributed by atoms with Crippen molar-refractivity contribution in [2.75, 3.05) is 5.32 Å². The Balaban J connectivity index is 2.79. The molecule has 1 heterocycles. The number of carbonyl (C=O) groups excluding carboxylic acids is 1. The van der Waals surface area contributed by atoms with Crippen LogP contribution in [0.2, 0.25) is 0 Å². The van der Waals surface area contributed by atoms with Crippen LogP contribution in [-0.2, 0) is 4.79 Å². The molecule has 0 aliphatic heterocycles. The molecule has 1 rings (SSSR count). The summed E-state index contributed by atoms with van der Waals surface area (Å²) in [6, 6.07) is 0. The second-order valence-corrected chi connectivity index (χ2v) is 2.60. The first-order chi connectivity index (χ1) is 6.02. The lowest BCUT2D eigenvalue weighted by atomic mass is 10.3. The molecule has 6 heteroatoms. The molecule has 1 aromatic heterocycles. The summed E-state index contributed by atoms with van der Waals surface area (Å²) in [5.74, 6) is -1.31. The summed E-state index contributed by atoms with van der Waals surface area (Å²) in [5.41, 5.74) is 1.38. The summed E-state index contributed by atoms with van der Waals surface area (Å²) in [5, 5.41) is 8.39. The first-order valence-electron chi connectivity index (χ1n) is 3.63. The number of anilines is 1. The first kappa shape index (κ1) is 9.63. The number of carbonyl (C=O) groups is 1. The molecule has 0 aromatic carbocycles. The molecule has 0 bridgehead atoms. The Morgan fingerprint density at radius 3 is 2.54 bits per heavy atom. The molecule has 2 N–H and O–H groups in total. The van der Waals surface area contributed by atoms with Crippen LogP contribution in [0.25, 0.3) is 0 Å². The molecule has 0 fully saturated rings. The summed E-state index contributed by atoms with van der Waals surface area (Å²) in [6.45, 7) is 3.26. The van der Waals surface area contributed by atoms with Crippen molar-refractivity contribution in [2.45, 2.75) is 20.3 Å². The number of alkyl halides is 2. The van der Waals surface area contributed by atoms with Crippen LogP contribution >= 0.6 is 0 Å². The van der Waals surface area contributed by atoms with E-state index in [1.54, 1.807) is 13.8 Å². The smallest absolute Gasteiger partial charge is 0.315 e. The fraction of sp³-hybridized carbons (Fsp3) is 0.429. The fourth-order valence-corrected chi connectivity index (χ4v) is 0.913. The predicted molar refractivity (Wildman–Crippen MR) is 42.7 cm³/mol. The van der Waals surface area contributed by atoms with E-state index in [4.69, 9.17) is 0 Å². The molecular formula is C7H9F2N3O. The van der Waals surface area contributed by atoms with Gasteiger partial charge >= 0.3 is 6.43 Å². The molecule has 4 nitrogen and oxygen atoms in total. The number of halogens is 2. The number of amides is 1. The highest BCUT2D eigenvalue weighted by Gasteiger charge is 2.17. The van der Waals surface area contributed by atoms with E-state index in [1.165, 1.54) is 0 Å². The third-order valence-electron chi connectivity index (χ3n) is 1.57. The molecule has 1 amide bonds. The van der Waals surface area contributed by atoms with E-state index in [9.17, 15) is 13.6 Å². The maximum absolute atomic E-state index is 11.8. The van der Waals surface area contributed by atoms with Crippen LogP contribution in [0.4, 0.5) is 14.5 Å². The largest absolute Gasteiger partial charge is 0.318 e. The highest BCUT2D eigenvalue weighted by Crippen LogP contribution is 2.16. The molecule has 0 aliphatic carbocycles. The van der Waals surface area contributed by atoms with Crippen LogP contribution < -0.4 is 5.32 Å². The first-order valence-corrected chi connectivity index (χ1v) is 3.63. The number of hydrogen-bond donors (Lipinski definition) is 2. The van der Waals surface area contributed by atoms with Crippen molar-refractivity contribution >= 4 is 11.6 Å². The van der Waals surface area contributed by atoms with Crippen molar-refractivity contribution in [1.82, 2.24) is 10.2 Å². The van der Waals surface area contributed by atoms with Crippen LogP contribution in [0.1, 0.15) is 11.4 Å². The Labute approximate surface area is 73.3 Å². The summed E-state index contributed by atoms with van der Waals surface area (Å²) < 4.78 is 23.7. The van der Waals surface area contributed by atoms with Crippen molar-refractivity contribution in [1.29, 1.82) is 0 Å². The zero-order chi connectivity index (χ0) is 10.0. The number of nitrogens with one attached hydrogen (secondary N) is 2. The van der Waals surface area contributed by atoms with Gasteiger partial charge in [-0.1, -0.05) is 0 Å². The minimum atomic E-state index is -3.01. The summed E-state index contributed by atoms with van der Waals surface area (Å²) in [7, 11) is 0. The van der Waals surface area contributed by atoms with Crippen LogP contribution in [0.3, 0.4) is 0 Å². The summed E-state index contributed by atoms with van der Waals surface area (Å²) >= 11 is 0. The van der Waals surface area contributed by atoms with Gasteiger partial charge in [-0.3, -0.25) is 9.89 Å². The molecule has 0 saturated carbocycles. The van der Waals surface area contributed by atoms with Crippen LogP contribution in [0.5, 0.6) is 0 Å². The van der Waals surface area contributed by atoms with Gasteiger partial charge in [0, 0.05) is 0 Å². The summed E-state index contributed by atoms with van der Waals surface area (Å²) in [6.07, 6.45) is -3.01. The number of aromatic nitrogens is 2. The Kier molecular flexibility index (Phi) is 2.60. The maximum atomic E-state index is 11.8. The van der Waals surface area contributed by atoms with E-state index in [0.717, 1.165) is 0 Å². The van der Waals surface area contributed by atoms with Gasteiger partial charge in [0.2, 0.25) is 0 Å². The van der Waals surface area contributed by atoms with E-state index >= 15 is 0 Å². The van der Waals surface area contributed by atoms with Crippen LogP contribution in [0, 0.1) is 13.8 Å². The molecule has 0 atom stereocenters. The van der Waals surface area contributed by atoms with Gasteiger partial charge in [0.25, 0.3) is 5.91 Å². The van der Waals surface area contributed by atoms with Crippen molar-refractivity contribution in [2.24, 2.45) is 0 Å². The van der Waals surface area contributed by atoms with E-state index in [1.807, 2.05) is 0 Å². The standard InChI is InChI=1S/C7H9F2N3O/c1-3-5(4(2)12-11-3)10-7(13)6(8)9/h6H,1-2H3,(H,10,13)(H,11,12). The Morgan fingerprint density at radius 1 is 1.54 bits per heavy atom. The summed E-state index contributed by atoms with van der Waals surface area (Å²) in [4.78, 5) is 10.6. The molecular weight excluding hydrogens is 180 g/mol. The zero-order valence-corrected chi connectivity index (χ0v) is 7.19. The van der Waals surface area contributed by atoms with Crippen molar-refractivity contribution in [3.05, 3.63) is 11.4 Å². The molecule has 0 aliphatic rings. The Bertz CT molecular complexity index is 302. The molecule has 72 valence electrons. The number of hydrogen-bond acceptors (Lipinski definition) is 2. The molecule has 13 heavy (non-hydrogen) atoms. The van der Waals surface area contributed by atoms with Gasteiger partial charge in [-0.15, -0.1) is 0 Å². The van der Waals surface area contributed by atoms with E-state index < -0.39 is 12.3 Å². The van der Waals surface area contributed by atoms with E-state index in [0.29, 0.717) is 17.1 Å². The second-order valence-electron chi connectivity index (χ2n) is 2.60. The van der Waals surface area contributed by atoms with Crippen LogP contribution in [0.15, 0.2) is 0 Å². The maximum Gasteiger partial charge on any atom is 0.315 e. The lowest BCUT2D eigenvalue weighted by Crippen LogP contribution is -2.20. The monoisotopic (exact) mass is 189 g/mol. The molecule has 0 saturated heterocycles. The molecule has 0 unspecified atom stereocenters. The topological polar surface area (TPSA) is 57.8 Å². The third-order valence-corrected chi connectivity index (χ3v) is 1.57. The predicted octanol–water partition coefficient (Wildman–Crippen LogP) is 1.23. The minimum Gasteiger partial charge on any atom is -0.318 e. The average molecular weight is 189 g/mol. The minimum absolute atomic E-state index is 0.324. The van der Waals surface area contributed by atoms with E-state index in [-0.39, 0.29) is 0 Å². The number of aryl methyl sites for hydroxylation is 2. The quantitative estimate of drug-likeness (QED) is 0.735. The molecule has 0 spiro atoms. The highest BCUT2D eigenvalue weighted by molar-refractivity contribution is 5.94. The van der Waals surface area contributed by atoms with E-state index in [2.05, 4.69) is 15.5 Å². The van der Waals surface area contributed by atoms with Gasteiger partial charge in [-0.05, 0) is 13.8 Å². The SMILES string of the molecule is Cc1n[nH]c(C)c1NC(=O)C(F)F. The van der Waals surface area contributed by atoms with Crippen molar-refractivity contribution in [3.63, 3.8) is 0 Å². The number of rotatable bonds is 2. The lowest BCUT2D eigenvalue weighted by Gasteiger charge is -2.02. The highest BCUT2D eigenvalue weighted by atomic mass is 19.3. The normalized spacial score (nSPS) is 10.5. The lowest BCUT2D eigenvalue weighted by molar-refractivity contribution is -0.126. The molecule has 1 aromatic rings. The van der Waals surface area contributed by atoms with Crippen LogP contribution in [-0.4, -0.2) is 22.5 Å². The van der Waals surface area contributed by atoms with Gasteiger partial charge in [-0.25, -0.2) is 0 Å². The Hall–Kier alpha value is -1.46. The van der Waals surface area contributed by atoms with Gasteiger partial charge in [0.1, 0.15) is 0 Å². The number of aromatic amines is 1. The van der Waals surface area contributed by atoms with Gasteiger partial charge in [0.05, 0.1) is 17.1 Å². The van der Waals surface area contributed by atoms with Crippen molar-refractivity contribution in [3.8, 4) is 0 Å². The van der Waals surface area contributed by atoms with Gasteiger partial charge in [0.15, 0.2) is 0 Å². The molecule has 0 radical (unpaired) electrons. The second kappa shape index (κ2) is 3.51. The average Bonchev–Trinajstić information content (AvgIpc) is 2.35.